The Bertz CT molecular complexity index is 720. The van der Waals surface area contributed by atoms with Gasteiger partial charge in [-0.15, -0.1) is 0 Å². The van der Waals surface area contributed by atoms with E-state index in [1.54, 1.807) is 6.07 Å². The molecule has 1 aliphatic heterocycles. The van der Waals surface area contributed by atoms with Crippen molar-refractivity contribution in [2.24, 2.45) is 5.92 Å². The van der Waals surface area contributed by atoms with E-state index >= 15 is 0 Å². The predicted octanol–water partition coefficient (Wildman–Crippen LogP) is 1.01. The quantitative estimate of drug-likeness (QED) is 0.863. The van der Waals surface area contributed by atoms with E-state index in [1.807, 2.05) is 18.2 Å². The summed E-state index contributed by atoms with van der Waals surface area (Å²) in [7, 11) is 0. The number of para-hydroxylation sites is 1. The minimum Gasteiger partial charge on any atom is -0.381 e. The zero-order chi connectivity index (χ0) is 15.4. The summed E-state index contributed by atoms with van der Waals surface area (Å²) in [6, 6.07) is 7.22. The lowest BCUT2D eigenvalue weighted by Gasteiger charge is -2.08. The molecule has 0 spiro atoms. The SMILES string of the molecule is O=C(C[C@H]1CCOC1)NCCc1nc2ccccc2c(=O)[nH]1. The van der Waals surface area contributed by atoms with E-state index in [4.69, 9.17) is 4.74 Å². The van der Waals surface area contributed by atoms with Gasteiger partial charge in [-0.25, -0.2) is 4.98 Å². The molecule has 0 aliphatic carbocycles. The molecule has 1 atom stereocenters. The topological polar surface area (TPSA) is 84.1 Å². The van der Waals surface area contributed by atoms with Crippen LogP contribution in [0.1, 0.15) is 18.7 Å². The Morgan fingerprint density at radius 1 is 1.41 bits per heavy atom. The number of H-pyrrole nitrogens is 1. The van der Waals surface area contributed by atoms with Crippen LogP contribution in [0.25, 0.3) is 10.9 Å². The fourth-order valence-corrected chi connectivity index (χ4v) is 2.65. The maximum atomic E-state index is 11.9. The molecule has 3 rings (SSSR count). The molecule has 1 amide bonds. The fraction of sp³-hybridized carbons (Fsp3) is 0.438. The van der Waals surface area contributed by atoms with Crippen LogP contribution in [0.2, 0.25) is 0 Å². The number of amides is 1. The molecule has 6 heteroatoms. The normalized spacial score (nSPS) is 17.7. The van der Waals surface area contributed by atoms with Gasteiger partial charge in [0.15, 0.2) is 0 Å². The maximum Gasteiger partial charge on any atom is 0.258 e. The van der Waals surface area contributed by atoms with Crippen molar-refractivity contribution in [3.05, 3.63) is 40.4 Å². The Balaban J connectivity index is 1.55. The largest absolute Gasteiger partial charge is 0.381 e. The monoisotopic (exact) mass is 301 g/mol. The van der Waals surface area contributed by atoms with E-state index in [-0.39, 0.29) is 11.5 Å². The van der Waals surface area contributed by atoms with Crippen LogP contribution in [-0.2, 0) is 16.0 Å². The average Bonchev–Trinajstić information content (AvgIpc) is 3.00. The lowest BCUT2D eigenvalue weighted by molar-refractivity contribution is -0.122. The van der Waals surface area contributed by atoms with Gasteiger partial charge in [0.1, 0.15) is 5.82 Å². The molecule has 2 heterocycles. The third-order valence-electron chi connectivity index (χ3n) is 3.84. The van der Waals surface area contributed by atoms with Crippen LogP contribution < -0.4 is 10.9 Å². The van der Waals surface area contributed by atoms with Crippen LogP contribution in [0.4, 0.5) is 0 Å². The van der Waals surface area contributed by atoms with Crippen LogP contribution in [0.3, 0.4) is 0 Å². The number of aromatic nitrogens is 2. The third-order valence-corrected chi connectivity index (χ3v) is 3.84. The Morgan fingerprint density at radius 2 is 2.27 bits per heavy atom. The average molecular weight is 301 g/mol. The first-order chi connectivity index (χ1) is 10.7. The molecule has 1 aromatic heterocycles. The number of benzene rings is 1. The first-order valence-corrected chi connectivity index (χ1v) is 7.55. The van der Waals surface area contributed by atoms with Crippen molar-refractivity contribution >= 4 is 16.8 Å². The molecule has 0 bridgehead atoms. The number of rotatable bonds is 5. The highest BCUT2D eigenvalue weighted by molar-refractivity contribution is 5.77. The number of aromatic amines is 1. The zero-order valence-corrected chi connectivity index (χ0v) is 12.3. The number of nitrogens with zero attached hydrogens (tertiary/aromatic N) is 1. The molecule has 1 fully saturated rings. The van der Waals surface area contributed by atoms with Crippen molar-refractivity contribution in [1.82, 2.24) is 15.3 Å². The smallest absolute Gasteiger partial charge is 0.258 e. The first kappa shape index (κ1) is 14.7. The summed E-state index contributed by atoms with van der Waals surface area (Å²) in [5.74, 6) is 0.949. The minimum absolute atomic E-state index is 0.0265. The number of carbonyl (C=O) groups excluding carboxylic acids is 1. The summed E-state index contributed by atoms with van der Waals surface area (Å²) < 4.78 is 5.26. The third kappa shape index (κ3) is 3.51. The van der Waals surface area contributed by atoms with Gasteiger partial charge >= 0.3 is 0 Å². The van der Waals surface area contributed by atoms with Gasteiger partial charge in [0.05, 0.1) is 10.9 Å². The molecule has 1 aliphatic rings. The molecule has 0 radical (unpaired) electrons. The van der Waals surface area contributed by atoms with Gasteiger partial charge in [-0.3, -0.25) is 9.59 Å². The summed E-state index contributed by atoms with van der Waals surface area (Å²) in [6.45, 7) is 1.89. The zero-order valence-electron chi connectivity index (χ0n) is 12.3. The second kappa shape index (κ2) is 6.70. The fourth-order valence-electron chi connectivity index (χ4n) is 2.65. The standard InChI is InChI=1S/C16H19N3O3/c20-15(9-11-6-8-22-10-11)17-7-5-14-18-13-4-2-1-3-12(13)16(21)19-14/h1-4,11H,5-10H2,(H,17,20)(H,18,19,21)/t11-/m1/s1. The van der Waals surface area contributed by atoms with Gasteiger partial charge in [0.25, 0.3) is 5.56 Å². The van der Waals surface area contributed by atoms with Gasteiger partial charge in [0, 0.05) is 32.6 Å². The summed E-state index contributed by atoms with van der Waals surface area (Å²) in [5.41, 5.74) is 0.533. The van der Waals surface area contributed by atoms with Gasteiger partial charge in [-0.1, -0.05) is 12.1 Å². The van der Waals surface area contributed by atoms with E-state index in [0.717, 1.165) is 13.0 Å². The van der Waals surface area contributed by atoms with E-state index in [9.17, 15) is 9.59 Å². The van der Waals surface area contributed by atoms with E-state index < -0.39 is 0 Å². The van der Waals surface area contributed by atoms with E-state index in [1.165, 1.54) is 0 Å². The van der Waals surface area contributed by atoms with Crippen LogP contribution in [-0.4, -0.2) is 35.6 Å². The molecule has 0 saturated carbocycles. The lowest BCUT2D eigenvalue weighted by atomic mass is 10.1. The number of ether oxygens (including phenoxy) is 1. The molecule has 116 valence electrons. The molecular formula is C16H19N3O3. The molecule has 6 nitrogen and oxygen atoms in total. The molecule has 1 aromatic carbocycles. The van der Waals surface area contributed by atoms with Crippen LogP contribution in [0.5, 0.6) is 0 Å². The summed E-state index contributed by atoms with van der Waals surface area (Å²) in [5, 5.41) is 3.45. The molecule has 2 N–H and O–H groups in total. The second-order valence-electron chi connectivity index (χ2n) is 5.56. The van der Waals surface area contributed by atoms with Crippen LogP contribution >= 0.6 is 0 Å². The highest BCUT2D eigenvalue weighted by Crippen LogP contribution is 2.15. The van der Waals surface area contributed by atoms with Crippen molar-refractivity contribution in [1.29, 1.82) is 0 Å². The Morgan fingerprint density at radius 3 is 3.09 bits per heavy atom. The van der Waals surface area contributed by atoms with Crippen molar-refractivity contribution < 1.29 is 9.53 Å². The second-order valence-corrected chi connectivity index (χ2v) is 5.56. The Labute approximate surface area is 127 Å². The van der Waals surface area contributed by atoms with Gasteiger partial charge in [0.2, 0.25) is 5.91 Å². The molecule has 0 unspecified atom stereocenters. The van der Waals surface area contributed by atoms with E-state index in [0.29, 0.717) is 48.6 Å². The number of fused-ring (bicyclic) bond motifs is 1. The summed E-state index contributed by atoms with van der Waals surface area (Å²) in [4.78, 5) is 30.9. The number of hydrogen-bond donors (Lipinski definition) is 2. The Kier molecular flexibility index (Phi) is 4.48. The van der Waals surface area contributed by atoms with E-state index in [2.05, 4.69) is 15.3 Å². The number of carbonyl (C=O) groups is 1. The highest BCUT2D eigenvalue weighted by Gasteiger charge is 2.18. The number of nitrogens with one attached hydrogen (secondary N) is 2. The molecule has 1 saturated heterocycles. The maximum absolute atomic E-state index is 11.9. The van der Waals surface area contributed by atoms with Crippen molar-refractivity contribution in [3.63, 3.8) is 0 Å². The van der Waals surface area contributed by atoms with Crippen molar-refractivity contribution in [2.75, 3.05) is 19.8 Å². The van der Waals surface area contributed by atoms with Crippen molar-refractivity contribution in [3.8, 4) is 0 Å². The lowest BCUT2D eigenvalue weighted by Crippen LogP contribution is -2.28. The molecule has 22 heavy (non-hydrogen) atoms. The van der Waals surface area contributed by atoms with Gasteiger partial charge in [-0.05, 0) is 24.5 Å². The Hall–Kier alpha value is -2.21. The molecule has 2 aromatic rings. The first-order valence-electron chi connectivity index (χ1n) is 7.55. The van der Waals surface area contributed by atoms with Gasteiger partial charge in [-0.2, -0.15) is 0 Å². The summed E-state index contributed by atoms with van der Waals surface area (Å²) >= 11 is 0. The molecular weight excluding hydrogens is 282 g/mol. The predicted molar refractivity (Wildman–Crippen MR) is 82.6 cm³/mol. The number of hydrogen-bond acceptors (Lipinski definition) is 4. The van der Waals surface area contributed by atoms with Gasteiger partial charge < -0.3 is 15.0 Å². The summed E-state index contributed by atoms with van der Waals surface area (Å²) in [6.07, 6.45) is 1.96. The van der Waals surface area contributed by atoms with Crippen LogP contribution in [0.15, 0.2) is 29.1 Å². The van der Waals surface area contributed by atoms with Crippen molar-refractivity contribution in [2.45, 2.75) is 19.3 Å². The van der Waals surface area contributed by atoms with Crippen LogP contribution in [0, 0.1) is 5.92 Å². The highest BCUT2D eigenvalue weighted by atomic mass is 16.5. The minimum atomic E-state index is -0.143.